The summed E-state index contributed by atoms with van der Waals surface area (Å²) in [5, 5.41) is 0. The molecular weight excluding hydrogens is 579 g/mol. The number of ether oxygens (including phenoxy) is 2. The number of anilines is 2. The number of halogens is 5. The highest BCUT2D eigenvalue weighted by molar-refractivity contribution is 5.87. The summed E-state index contributed by atoms with van der Waals surface area (Å²) >= 11 is 0. The highest BCUT2D eigenvalue weighted by Gasteiger charge is 2.34. The Bertz CT molecular complexity index is 1620. The molecule has 0 aromatic heterocycles. The van der Waals surface area contributed by atoms with E-state index < -0.39 is 30.2 Å². The summed E-state index contributed by atoms with van der Waals surface area (Å²) in [7, 11) is 0. The second-order valence-electron chi connectivity index (χ2n) is 10.1. The topological polar surface area (TPSA) is 87.6 Å². The van der Waals surface area contributed by atoms with Crippen molar-refractivity contribution in [3.63, 3.8) is 0 Å². The van der Waals surface area contributed by atoms with Crippen LogP contribution in [-0.4, -0.2) is 12.1 Å². The lowest BCUT2D eigenvalue weighted by molar-refractivity contribution is -0.185. The molecule has 0 saturated carbocycles. The SMILES string of the molecule is [CH2]c1cc(N)ccc1-c1ccc(N)cc1COC(=O)/C=C/c1ccc(OC(F)(F)c2ccc(CCCC(F)(F)F)cc2)cc1. The Morgan fingerprint density at radius 2 is 1.45 bits per heavy atom. The summed E-state index contributed by atoms with van der Waals surface area (Å²) in [6.45, 7) is 3.98. The molecule has 0 bridgehead atoms. The van der Waals surface area contributed by atoms with Crippen molar-refractivity contribution < 1.29 is 36.2 Å². The number of esters is 1. The number of benzene rings is 4. The molecule has 44 heavy (non-hydrogen) atoms. The van der Waals surface area contributed by atoms with Crippen LogP contribution in [0.2, 0.25) is 0 Å². The number of alkyl halides is 5. The zero-order valence-electron chi connectivity index (χ0n) is 23.5. The van der Waals surface area contributed by atoms with Gasteiger partial charge in [0.25, 0.3) is 0 Å². The molecule has 0 amide bonds. The number of nitrogen functional groups attached to an aromatic ring is 2. The van der Waals surface area contributed by atoms with Crippen LogP contribution in [0.5, 0.6) is 5.75 Å². The summed E-state index contributed by atoms with van der Waals surface area (Å²) in [5.74, 6) is -0.745. The molecule has 0 spiro atoms. The van der Waals surface area contributed by atoms with E-state index in [0.29, 0.717) is 33.6 Å². The van der Waals surface area contributed by atoms with E-state index in [2.05, 4.69) is 6.92 Å². The minimum Gasteiger partial charge on any atom is -0.458 e. The molecule has 1 radical (unpaired) electrons. The Balaban J connectivity index is 1.33. The number of rotatable bonds is 11. The summed E-state index contributed by atoms with van der Waals surface area (Å²) in [5.41, 5.74) is 16.5. The number of hydrogen-bond donors (Lipinski definition) is 2. The van der Waals surface area contributed by atoms with E-state index in [4.69, 9.17) is 20.9 Å². The number of aryl methyl sites for hydroxylation is 1. The molecule has 0 aliphatic rings. The average Bonchev–Trinajstić information content (AvgIpc) is 2.96. The maximum absolute atomic E-state index is 14.7. The van der Waals surface area contributed by atoms with Gasteiger partial charge in [0.1, 0.15) is 12.4 Å². The molecule has 0 aliphatic heterocycles. The van der Waals surface area contributed by atoms with Gasteiger partial charge < -0.3 is 20.9 Å². The molecule has 4 rings (SSSR count). The maximum Gasteiger partial charge on any atom is 0.426 e. The third-order valence-electron chi connectivity index (χ3n) is 6.67. The van der Waals surface area contributed by atoms with Crippen LogP contribution in [0.25, 0.3) is 17.2 Å². The quantitative estimate of drug-likeness (QED) is 0.0771. The van der Waals surface area contributed by atoms with Crippen LogP contribution >= 0.6 is 0 Å². The summed E-state index contributed by atoms with van der Waals surface area (Å²) < 4.78 is 76.7. The van der Waals surface area contributed by atoms with Crippen molar-refractivity contribution in [2.45, 2.75) is 38.2 Å². The van der Waals surface area contributed by atoms with Gasteiger partial charge in [0.05, 0.1) is 5.56 Å². The van der Waals surface area contributed by atoms with Crippen LogP contribution in [0.3, 0.4) is 0 Å². The normalized spacial score (nSPS) is 12.0. The van der Waals surface area contributed by atoms with E-state index in [0.717, 1.165) is 23.3 Å². The number of carbonyl (C=O) groups is 1. The lowest BCUT2D eigenvalue weighted by Crippen LogP contribution is -2.21. The van der Waals surface area contributed by atoms with Crippen LogP contribution < -0.4 is 16.2 Å². The minimum atomic E-state index is -4.26. The zero-order valence-corrected chi connectivity index (χ0v) is 23.5. The van der Waals surface area contributed by atoms with Crippen molar-refractivity contribution in [2.24, 2.45) is 0 Å². The van der Waals surface area contributed by atoms with Gasteiger partial charge in [-0.05, 0) is 108 Å². The van der Waals surface area contributed by atoms with Gasteiger partial charge in [-0.2, -0.15) is 22.0 Å². The fraction of sp³-hybridized carbons (Fsp3) is 0.176. The predicted octanol–water partition coefficient (Wildman–Crippen LogP) is 8.47. The highest BCUT2D eigenvalue weighted by atomic mass is 19.4. The Kier molecular flexibility index (Phi) is 9.93. The second-order valence-corrected chi connectivity index (χ2v) is 10.1. The predicted molar refractivity (Wildman–Crippen MR) is 160 cm³/mol. The summed E-state index contributed by atoms with van der Waals surface area (Å²) in [4.78, 5) is 12.4. The Hall–Kier alpha value is -4.86. The van der Waals surface area contributed by atoms with Crippen molar-refractivity contribution in [3.8, 4) is 16.9 Å². The molecule has 0 heterocycles. The van der Waals surface area contributed by atoms with Gasteiger partial charge in [-0.25, -0.2) is 4.79 Å². The molecule has 5 nitrogen and oxygen atoms in total. The molecule has 10 heteroatoms. The molecule has 229 valence electrons. The fourth-order valence-corrected chi connectivity index (χ4v) is 4.45. The number of hydrogen-bond acceptors (Lipinski definition) is 5. The summed E-state index contributed by atoms with van der Waals surface area (Å²) in [6, 6.07) is 21.2. The Morgan fingerprint density at radius 1 is 0.818 bits per heavy atom. The van der Waals surface area contributed by atoms with Gasteiger partial charge in [0.15, 0.2) is 0 Å². The fourth-order valence-electron chi connectivity index (χ4n) is 4.45. The van der Waals surface area contributed by atoms with Gasteiger partial charge in [0.2, 0.25) is 0 Å². The lowest BCUT2D eigenvalue weighted by Gasteiger charge is -2.18. The average molecular weight is 610 g/mol. The van der Waals surface area contributed by atoms with Crippen LogP contribution in [-0.2, 0) is 28.7 Å². The van der Waals surface area contributed by atoms with Crippen LogP contribution in [0.15, 0.2) is 91.0 Å². The molecule has 0 unspecified atom stereocenters. The number of nitrogens with two attached hydrogens (primary N) is 2. The standard InChI is InChI=1S/C34H30F5N2O3/c1-22-19-27(40)11-15-30(22)31-16-12-28(41)20-25(31)21-43-32(42)17-8-24-6-13-29(14-7-24)44-34(38,39)26-9-4-23(5-10-26)3-2-18-33(35,36)37/h4-17,19-20H,1-3,18,21,40-41H2/b17-8+. The van der Waals surface area contributed by atoms with E-state index in [1.807, 2.05) is 12.1 Å². The van der Waals surface area contributed by atoms with E-state index in [1.54, 1.807) is 24.3 Å². The largest absolute Gasteiger partial charge is 0.458 e. The first kappa shape index (κ1) is 32.1. The van der Waals surface area contributed by atoms with Gasteiger partial charge >= 0.3 is 18.3 Å². The van der Waals surface area contributed by atoms with Gasteiger partial charge in [-0.3, -0.25) is 0 Å². The van der Waals surface area contributed by atoms with E-state index >= 15 is 0 Å². The van der Waals surface area contributed by atoms with Crippen molar-refractivity contribution >= 4 is 23.4 Å². The molecule has 4 aromatic carbocycles. The van der Waals surface area contributed by atoms with Gasteiger partial charge in [-0.15, -0.1) is 0 Å². The smallest absolute Gasteiger partial charge is 0.426 e. The molecule has 4 N–H and O–H groups in total. The first-order chi connectivity index (χ1) is 20.8. The molecule has 0 saturated heterocycles. The van der Waals surface area contributed by atoms with Crippen LogP contribution in [0, 0.1) is 6.92 Å². The monoisotopic (exact) mass is 609 g/mol. The van der Waals surface area contributed by atoms with Gasteiger partial charge in [-0.1, -0.05) is 36.4 Å². The zero-order chi connectivity index (χ0) is 31.9. The summed E-state index contributed by atoms with van der Waals surface area (Å²) in [6.07, 6.45) is -6.19. The number of carbonyl (C=O) groups excluding carboxylic acids is 1. The van der Waals surface area contributed by atoms with Crippen molar-refractivity contribution in [1.82, 2.24) is 0 Å². The maximum atomic E-state index is 14.7. The first-order valence-corrected chi connectivity index (χ1v) is 13.6. The van der Waals surface area contributed by atoms with E-state index in [9.17, 15) is 26.7 Å². The van der Waals surface area contributed by atoms with Crippen molar-refractivity contribution in [1.29, 1.82) is 0 Å². The van der Waals surface area contributed by atoms with Crippen LogP contribution in [0.1, 0.15) is 40.7 Å². The van der Waals surface area contributed by atoms with Crippen molar-refractivity contribution in [3.05, 3.63) is 126 Å². The first-order valence-electron chi connectivity index (χ1n) is 13.6. The highest BCUT2D eigenvalue weighted by Crippen LogP contribution is 2.33. The molecule has 0 fully saturated rings. The molecule has 0 atom stereocenters. The van der Waals surface area contributed by atoms with Crippen LogP contribution in [0.4, 0.5) is 33.3 Å². The van der Waals surface area contributed by atoms with Crippen molar-refractivity contribution in [2.75, 3.05) is 11.5 Å². The lowest BCUT2D eigenvalue weighted by atomic mass is 9.95. The molecule has 4 aromatic rings. The Labute approximate surface area is 251 Å². The van der Waals surface area contributed by atoms with Gasteiger partial charge in [0, 0.05) is 23.9 Å². The third-order valence-corrected chi connectivity index (χ3v) is 6.67. The minimum absolute atomic E-state index is 0.0518. The van der Waals surface area contributed by atoms with E-state index in [1.165, 1.54) is 48.6 Å². The Morgan fingerprint density at radius 3 is 2.09 bits per heavy atom. The second kappa shape index (κ2) is 13.6. The molecular formula is C34H30F5N2O3. The third kappa shape index (κ3) is 9.07. The van der Waals surface area contributed by atoms with E-state index in [-0.39, 0.29) is 25.2 Å². The molecule has 0 aliphatic carbocycles.